The fourth-order valence-electron chi connectivity index (χ4n) is 4.17. The molecule has 2 aromatic carbocycles. The van der Waals surface area contributed by atoms with E-state index in [0.717, 1.165) is 19.3 Å². The summed E-state index contributed by atoms with van der Waals surface area (Å²) in [5, 5.41) is 11.6. The summed E-state index contributed by atoms with van der Waals surface area (Å²) < 4.78 is 6.71. The van der Waals surface area contributed by atoms with Gasteiger partial charge in [0.25, 0.3) is 0 Å². The molecule has 1 heterocycles. The molecule has 3 nitrogen and oxygen atoms in total. The minimum atomic E-state index is -1.94. The molecule has 0 amide bonds. The van der Waals surface area contributed by atoms with E-state index in [9.17, 15) is 5.11 Å². The van der Waals surface area contributed by atoms with Crippen molar-refractivity contribution in [1.82, 2.24) is 0 Å². The van der Waals surface area contributed by atoms with Crippen LogP contribution in [-0.4, -0.2) is 31.7 Å². The molecular weight excluding hydrogens is 394 g/mol. The van der Waals surface area contributed by atoms with E-state index in [0.29, 0.717) is 0 Å². The molecule has 1 aliphatic carbocycles. The average Bonchev–Trinajstić information content (AvgIpc) is 2.67. The van der Waals surface area contributed by atoms with Crippen molar-refractivity contribution in [2.45, 2.75) is 86.2 Å². The number of benzene rings is 2. The number of anilines is 2. The van der Waals surface area contributed by atoms with Crippen molar-refractivity contribution in [3.05, 3.63) is 48.5 Å². The maximum absolute atomic E-state index is 11.5. The van der Waals surface area contributed by atoms with Crippen LogP contribution in [-0.2, 0) is 4.43 Å². The van der Waals surface area contributed by atoms with Gasteiger partial charge in [-0.25, -0.2) is 0 Å². The van der Waals surface area contributed by atoms with Crippen LogP contribution in [0.4, 0.5) is 11.4 Å². The number of aliphatic hydroxyl groups is 1. The summed E-state index contributed by atoms with van der Waals surface area (Å²) in [4.78, 5) is 4.89. The summed E-state index contributed by atoms with van der Waals surface area (Å²) in [6.07, 6.45) is 2.40. The Morgan fingerprint density at radius 2 is 1.52 bits per heavy atom. The lowest BCUT2D eigenvalue weighted by Crippen LogP contribution is -2.55. The topological polar surface area (TPSA) is 32.7 Å². The minimum Gasteiger partial charge on any atom is -0.411 e. The van der Waals surface area contributed by atoms with Gasteiger partial charge in [0, 0.05) is 9.79 Å². The maximum Gasteiger partial charge on any atom is 0.192 e. The van der Waals surface area contributed by atoms with Gasteiger partial charge < -0.3 is 14.4 Å². The first kappa shape index (κ1) is 21.0. The molecule has 0 bridgehead atoms. The molecule has 1 fully saturated rings. The van der Waals surface area contributed by atoms with Crippen molar-refractivity contribution in [3.8, 4) is 0 Å². The zero-order valence-electron chi connectivity index (χ0n) is 18.2. The molecule has 4 rings (SSSR count). The van der Waals surface area contributed by atoms with Crippen LogP contribution in [0.15, 0.2) is 58.3 Å². The average molecular weight is 428 g/mol. The van der Waals surface area contributed by atoms with Crippen LogP contribution in [0.2, 0.25) is 18.1 Å². The first-order valence-electron chi connectivity index (χ1n) is 10.7. The Hall–Kier alpha value is -1.27. The Kier molecular flexibility index (Phi) is 5.62. The molecule has 1 unspecified atom stereocenters. The van der Waals surface area contributed by atoms with E-state index >= 15 is 0 Å². The summed E-state index contributed by atoms with van der Waals surface area (Å²) in [5.74, 6) is 0. The van der Waals surface area contributed by atoms with Gasteiger partial charge in [-0.3, -0.25) is 0 Å². The highest BCUT2D eigenvalue weighted by Crippen LogP contribution is 2.50. The third-order valence-electron chi connectivity index (χ3n) is 6.82. The molecule has 2 aromatic rings. The molecular formula is C24H33NO2SSi. The highest BCUT2D eigenvalue weighted by Gasteiger charge is 2.45. The van der Waals surface area contributed by atoms with Crippen molar-refractivity contribution in [1.29, 1.82) is 0 Å². The van der Waals surface area contributed by atoms with E-state index in [1.54, 1.807) is 0 Å². The molecule has 1 N–H and O–H groups in total. The predicted molar refractivity (Wildman–Crippen MR) is 125 cm³/mol. The van der Waals surface area contributed by atoms with Gasteiger partial charge in [0.05, 0.1) is 29.6 Å². The predicted octanol–water partition coefficient (Wildman–Crippen LogP) is 6.59. The summed E-state index contributed by atoms with van der Waals surface area (Å²) in [5.41, 5.74) is 2.40. The van der Waals surface area contributed by atoms with Gasteiger partial charge in [0.1, 0.15) is 0 Å². The van der Waals surface area contributed by atoms with Crippen LogP contribution in [0.1, 0.15) is 40.0 Å². The number of aliphatic hydroxyl groups excluding tert-OH is 1. The van der Waals surface area contributed by atoms with Crippen molar-refractivity contribution >= 4 is 31.5 Å². The van der Waals surface area contributed by atoms with Crippen LogP contribution in [0, 0.1) is 0 Å². The van der Waals surface area contributed by atoms with Crippen molar-refractivity contribution in [3.63, 3.8) is 0 Å². The third-order valence-corrected chi connectivity index (χ3v) is 12.5. The monoisotopic (exact) mass is 427 g/mol. The number of para-hydroxylation sites is 2. The molecule has 5 heteroatoms. The second-order valence-corrected chi connectivity index (χ2v) is 15.7. The molecule has 0 aromatic heterocycles. The minimum absolute atomic E-state index is 0.0294. The molecule has 0 saturated heterocycles. The molecule has 1 aliphatic heterocycles. The van der Waals surface area contributed by atoms with Gasteiger partial charge in [-0.1, -0.05) is 56.8 Å². The molecule has 2 aliphatic rings. The lowest BCUT2D eigenvalue weighted by Gasteiger charge is -2.48. The molecule has 0 radical (unpaired) electrons. The van der Waals surface area contributed by atoms with Gasteiger partial charge in [-0.2, -0.15) is 0 Å². The maximum atomic E-state index is 11.5. The van der Waals surface area contributed by atoms with Crippen LogP contribution in [0.25, 0.3) is 0 Å². The number of fused-ring (bicyclic) bond motifs is 2. The Morgan fingerprint density at radius 3 is 2.07 bits per heavy atom. The van der Waals surface area contributed by atoms with E-state index in [1.165, 1.54) is 21.2 Å². The summed E-state index contributed by atoms with van der Waals surface area (Å²) in [6, 6.07) is 17.1. The quantitative estimate of drug-likeness (QED) is 0.560. The first-order chi connectivity index (χ1) is 13.7. The van der Waals surface area contributed by atoms with Crippen LogP contribution < -0.4 is 4.90 Å². The normalized spacial score (nSPS) is 24.8. The van der Waals surface area contributed by atoms with Crippen molar-refractivity contribution < 1.29 is 9.53 Å². The fourth-order valence-corrected chi connectivity index (χ4v) is 6.61. The van der Waals surface area contributed by atoms with Crippen LogP contribution >= 0.6 is 11.8 Å². The summed E-state index contributed by atoms with van der Waals surface area (Å²) in [6.45, 7) is 11.4. The van der Waals surface area contributed by atoms with E-state index in [1.807, 2.05) is 11.8 Å². The summed E-state index contributed by atoms with van der Waals surface area (Å²) in [7, 11) is -1.94. The number of hydrogen-bond donors (Lipinski definition) is 1. The molecule has 156 valence electrons. The van der Waals surface area contributed by atoms with Crippen LogP contribution in [0.3, 0.4) is 0 Å². The Labute approximate surface area is 180 Å². The van der Waals surface area contributed by atoms with E-state index in [2.05, 4.69) is 87.3 Å². The highest BCUT2D eigenvalue weighted by atomic mass is 32.2. The molecule has 29 heavy (non-hydrogen) atoms. The number of nitrogens with zero attached hydrogens (tertiary/aromatic N) is 1. The SMILES string of the molecule is CC(C)(C)[Si](C)(C)OC1CCC[C@H](N2c3ccccc3Sc3ccccc32)[C@H]1O. The largest absolute Gasteiger partial charge is 0.411 e. The lowest BCUT2D eigenvalue weighted by atomic mass is 9.88. The van der Waals surface area contributed by atoms with Crippen molar-refractivity contribution in [2.24, 2.45) is 0 Å². The third kappa shape index (κ3) is 3.90. The number of hydrogen-bond acceptors (Lipinski definition) is 4. The Morgan fingerprint density at radius 1 is 0.966 bits per heavy atom. The fraction of sp³-hybridized carbons (Fsp3) is 0.500. The van der Waals surface area contributed by atoms with E-state index in [-0.39, 0.29) is 17.2 Å². The Bertz CT molecular complexity index is 834. The van der Waals surface area contributed by atoms with Gasteiger partial charge >= 0.3 is 0 Å². The van der Waals surface area contributed by atoms with E-state index < -0.39 is 14.4 Å². The van der Waals surface area contributed by atoms with Gasteiger partial charge in [0.2, 0.25) is 0 Å². The first-order valence-corrected chi connectivity index (χ1v) is 14.4. The molecule has 3 atom stereocenters. The second kappa shape index (κ2) is 7.77. The smallest absolute Gasteiger partial charge is 0.192 e. The number of rotatable bonds is 3. The zero-order valence-corrected chi connectivity index (χ0v) is 20.0. The Balaban J connectivity index is 1.68. The molecule has 0 spiro atoms. The standard InChI is InChI=1S/C24H33NO2SSi/c1-24(2,3)29(4,5)27-20-14-10-13-19(23(20)26)25-17-11-6-8-15-21(17)28-22-16-9-7-12-18(22)25/h6-9,11-12,15-16,19-20,23,26H,10,13-14H2,1-5H3/t19-,20?,23+/m0/s1. The van der Waals surface area contributed by atoms with E-state index in [4.69, 9.17) is 4.43 Å². The molecule has 1 saturated carbocycles. The summed E-state index contributed by atoms with van der Waals surface area (Å²) >= 11 is 1.82. The highest BCUT2D eigenvalue weighted by molar-refractivity contribution is 7.99. The van der Waals surface area contributed by atoms with Gasteiger partial charge in [-0.05, 0) is 61.7 Å². The van der Waals surface area contributed by atoms with Crippen LogP contribution in [0.5, 0.6) is 0 Å². The second-order valence-electron chi connectivity index (χ2n) is 9.81. The van der Waals surface area contributed by atoms with Gasteiger partial charge in [-0.15, -0.1) is 0 Å². The van der Waals surface area contributed by atoms with Crippen molar-refractivity contribution in [2.75, 3.05) is 4.90 Å². The lowest BCUT2D eigenvalue weighted by molar-refractivity contribution is -0.0132. The van der Waals surface area contributed by atoms with Gasteiger partial charge in [0.15, 0.2) is 8.32 Å². The zero-order chi connectivity index (χ0) is 20.8.